The highest BCUT2D eigenvalue weighted by Gasteiger charge is 2.24. The molecular weight excluding hydrogens is 373 g/mol. The first kappa shape index (κ1) is 18.3. The molecule has 2 aromatic heterocycles. The average molecular weight is 392 g/mol. The predicted octanol–water partition coefficient (Wildman–Crippen LogP) is 4.62. The van der Waals surface area contributed by atoms with Crippen molar-refractivity contribution in [1.29, 1.82) is 0 Å². The Morgan fingerprint density at radius 1 is 1.19 bits per heavy atom. The van der Waals surface area contributed by atoms with E-state index in [4.69, 9.17) is 0 Å². The van der Waals surface area contributed by atoms with Crippen LogP contribution >= 0.6 is 11.8 Å². The summed E-state index contributed by atoms with van der Waals surface area (Å²) in [7, 11) is 0. The van der Waals surface area contributed by atoms with Gasteiger partial charge in [-0.15, -0.1) is 11.8 Å². The van der Waals surface area contributed by atoms with Crippen LogP contribution in [-0.2, 0) is 0 Å². The van der Waals surface area contributed by atoms with Crippen LogP contribution in [0.15, 0.2) is 23.2 Å². The van der Waals surface area contributed by atoms with Crippen molar-refractivity contribution in [3.63, 3.8) is 0 Å². The number of fused-ring (bicyclic) bond motifs is 1. The quantitative estimate of drug-likeness (QED) is 0.505. The van der Waals surface area contributed by atoms with Crippen LogP contribution in [0.5, 0.6) is 0 Å². The Morgan fingerprint density at radius 3 is 2.74 bits per heavy atom. The predicted molar refractivity (Wildman–Crippen MR) is 100 cm³/mol. The molecule has 142 valence electrons. The molecular formula is C19H19F3N4S. The number of rotatable bonds is 3. The molecule has 0 bridgehead atoms. The topological polar surface area (TPSA) is 53.6 Å². The number of nitrogens with zero attached hydrogens (tertiary/aromatic N) is 2. The number of halogens is 3. The molecule has 1 aliphatic rings. The maximum Gasteiger partial charge on any atom is 0.173 e. The van der Waals surface area contributed by atoms with Crippen molar-refractivity contribution in [2.75, 3.05) is 12.8 Å². The molecule has 0 saturated carbocycles. The lowest BCUT2D eigenvalue weighted by Crippen LogP contribution is -2.35. The van der Waals surface area contributed by atoms with Crippen LogP contribution in [0.4, 0.5) is 13.2 Å². The van der Waals surface area contributed by atoms with E-state index in [9.17, 15) is 13.2 Å². The van der Waals surface area contributed by atoms with Gasteiger partial charge in [0.1, 0.15) is 11.6 Å². The third-order valence-electron chi connectivity index (χ3n) is 4.99. The van der Waals surface area contributed by atoms with Crippen LogP contribution in [-0.4, -0.2) is 33.8 Å². The van der Waals surface area contributed by atoms with Gasteiger partial charge in [0.05, 0.1) is 28.5 Å². The Labute approximate surface area is 159 Å². The van der Waals surface area contributed by atoms with E-state index in [0.717, 1.165) is 43.0 Å². The smallest absolute Gasteiger partial charge is 0.173 e. The molecule has 2 N–H and O–H groups in total. The van der Waals surface area contributed by atoms with E-state index in [2.05, 4.69) is 27.2 Å². The van der Waals surface area contributed by atoms with Crippen LogP contribution in [0.1, 0.15) is 31.5 Å². The van der Waals surface area contributed by atoms with E-state index >= 15 is 0 Å². The molecule has 1 saturated heterocycles. The van der Waals surface area contributed by atoms with Gasteiger partial charge in [-0.3, -0.25) is 0 Å². The number of aromatic amines is 1. The molecule has 2 atom stereocenters. The third kappa shape index (κ3) is 3.32. The summed E-state index contributed by atoms with van der Waals surface area (Å²) in [5.41, 5.74) is 0.857. The molecule has 1 fully saturated rings. The Hall–Kier alpha value is -2.06. The number of nitrogens with one attached hydrogen (secondary N) is 2. The fourth-order valence-corrected chi connectivity index (χ4v) is 4.09. The van der Waals surface area contributed by atoms with E-state index in [1.807, 2.05) is 0 Å². The lowest BCUT2D eigenvalue weighted by molar-refractivity contribution is 0.371. The van der Waals surface area contributed by atoms with E-state index in [0.29, 0.717) is 17.1 Å². The molecule has 2 unspecified atom stereocenters. The summed E-state index contributed by atoms with van der Waals surface area (Å²) in [6, 6.07) is 2.95. The summed E-state index contributed by atoms with van der Waals surface area (Å²) < 4.78 is 43.0. The minimum atomic E-state index is -1.20. The standard InChI is InChI=1S/C19H19F3N4S/c1-9-5-10(3-4-23-9)19-24-8-14-12(26-19)7-13(25-14)16-11(20)6-15(27-2)17(21)18(16)22/h6-10,23,25H,3-5H2,1-2H3. The second-order valence-corrected chi connectivity index (χ2v) is 7.70. The molecule has 27 heavy (non-hydrogen) atoms. The first-order valence-corrected chi connectivity index (χ1v) is 10.0. The van der Waals surface area contributed by atoms with Crippen LogP contribution in [0, 0.1) is 17.5 Å². The average Bonchev–Trinajstić information content (AvgIpc) is 3.07. The monoisotopic (exact) mass is 392 g/mol. The van der Waals surface area contributed by atoms with Gasteiger partial charge in [-0.05, 0) is 44.7 Å². The maximum atomic E-state index is 14.4. The molecule has 0 aliphatic carbocycles. The molecule has 4 rings (SSSR count). The number of hydrogen-bond donors (Lipinski definition) is 2. The van der Waals surface area contributed by atoms with Gasteiger partial charge >= 0.3 is 0 Å². The third-order valence-corrected chi connectivity index (χ3v) is 5.73. The molecule has 0 spiro atoms. The summed E-state index contributed by atoms with van der Waals surface area (Å²) in [5, 5.41) is 3.39. The second kappa shape index (κ2) is 7.16. The van der Waals surface area contributed by atoms with Crippen LogP contribution in [0.3, 0.4) is 0 Å². The van der Waals surface area contributed by atoms with Gasteiger partial charge in [0.25, 0.3) is 0 Å². The minimum absolute atomic E-state index is 0.0630. The van der Waals surface area contributed by atoms with Crippen molar-refractivity contribution in [3.05, 3.63) is 41.6 Å². The lowest BCUT2D eigenvalue weighted by atomic mass is 9.92. The van der Waals surface area contributed by atoms with Gasteiger partial charge < -0.3 is 10.3 Å². The minimum Gasteiger partial charge on any atom is -0.352 e. The summed E-state index contributed by atoms with van der Waals surface area (Å²) in [6.45, 7) is 3.03. The fraction of sp³-hybridized carbons (Fsp3) is 0.368. The highest BCUT2D eigenvalue weighted by molar-refractivity contribution is 7.98. The first-order chi connectivity index (χ1) is 13.0. The van der Waals surface area contributed by atoms with Gasteiger partial charge in [0.15, 0.2) is 11.6 Å². The van der Waals surface area contributed by atoms with Crippen molar-refractivity contribution >= 4 is 22.8 Å². The summed E-state index contributed by atoms with van der Waals surface area (Å²) in [4.78, 5) is 11.9. The molecule has 3 heterocycles. The second-order valence-electron chi connectivity index (χ2n) is 6.85. The van der Waals surface area contributed by atoms with Crippen LogP contribution in [0.25, 0.3) is 22.3 Å². The zero-order valence-electron chi connectivity index (χ0n) is 14.9. The van der Waals surface area contributed by atoms with Gasteiger partial charge in [-0.1, -0.05) is 0 Å². The first-order valence-electron chi connectivity index (χ1n) is 8.78. The normalized spacial score (nSPS) is 20.3. The van der Waals surface area contributed by atoms with E-state index in [1.54, 1.807) is 18.5 Å². The van der Waals surface area contributed by atoms with Crippen LogP contribution < -0.4 is 5.32 Å². The van der Waals surface area contributed by atoms with Crippen LogP contribution in [0.2, 0.25) is 0 Å². The molecule has 8 heteroatoms. The molecule has 4 nitrogen and oxygen atoms in total. The molecule has 3 aromatic rings. The number of aromatic nitrogens is 3. The Bertz CT molecular complexity index is 1000. The largest absolute Gasteiger partial charge is 0.352 e. The highest BCUT2D eigenvalue weighted by Crippen LogP contribution is 2.34. The molecule has 1 aromatic carbocycles. The Morgan fingerprint density at radius 2 is 2.00 bits per heavy atom. The molecule has 1 aliphatic heterocycles. The van der Waals surface area contributed by atoms with Crippen molar-refractivity contribution < 1.29 is 13.2 Å². The van der Waals surface area contributed by atoms with E-state index < -0.39 is 23.0 Å². The van der Waals surface area contributed by atoms with Crippen molar-refractivity contribution in [2.24, 2.45) is 0 Å². The van der Waals surface area contributed by atoms with Crippen molar-refractivity contribution in [1.82, 2.24) is 20.3 Å². The van der Waals surface area contributed by atoms with Crippen molar-refractivity contribution in [2.45, 2.75) is 36.6 Å². The SMILES string of the molecule is CSc1cc(F)c(-c2cc3nc(C4CCNC(C)C4)ncc3[nH]2)c(F)c1F. The number of benzene rings is 1. The summed E-state index contributed by atoms with van der Waals surface area (Å²) in [5.74, 6) is -2.09. The fourth-order valence-electron chi connectivity index (χ4n) is 3.60. The van der Waals surface area contributed by atoms with Gasteiger partial charge in [0, 0.05) is 16.9 Å². The zero-order valence-corrected chi connectivity index (χ0v) is 15.8. The highest BCUT2D eigenvalue weighted by atomic mass is 32.2. The van der Waals surface area contributed by atoms with Crippen molar-refractivity contribution in [3.8, 4) is 11.3 Å². The number of piperidine rings is 1. The van der Waals surface area contributed by atoms with Gasteiger partial charge in [0.2, 0.25) is 0 Å². The molecule has 0 amide bonds. The number of hydrogen-bond acceptors (Lipinski definition) is 4. The Kier molecular flexibility index (Phi) is 4.86. The number of H-pyrrole nitrogens is 1. The Balaban J connectivity index is 1.75. The number of thioether (sulfide) groups is 1. The summed E-state index contributed by atoms with van der Waals surface area (Å²) in [6.07, 6.45) is 5.07. The molecule has 0 radical (unpaired) electrons. The van der Waals surface area contributed by atoms with Gasteiger partial charge in [-0.25, -0.2) is 23.1 Å². The van der Waals surface area contributed by atoms with E-state index in [-0.39, 0.29) is 16.5 Å². The van der Waals surface area contributed by atoms with Gasteiger partial charge in [-0.2, -0.15) is 0 Å². The maximum absolute atomic E-state index is 14.4. The van der Waals surface area contributed by atoms with E-state index in [1.165, 1.54) is 0 Å². The summed E-state index contributed by atoms with van der Waals surface area (Å²) >= 11 is 0.958. The zero-order chi connectivity index (χ0) is 19.1. The lowest BCUT2D eigenvalue weighted by Gasteiger charge is -2.26.